The maximum atomic E-state index is 2.23. The molecule has 0 aliphatic carbocycles. The van der Waals surface area contributed by atoms with E-state index >= 15 is 0 Å². The topological polar surface area (TPSA) is 0 Å². The second-order valence-electron chi connectivity index (χ2n) is 2.24. The number of rotatable bonds is 1. The summed E-state index contributed by atoms with van der Waals surface area (Å²) in [5.74, 6) is 0. The molecule has 1 heteroatoms. The zero-order chi connectivity index (χ0) is 6.69. The van der Waals surface area contributed by atoms with Gasteiger partial charge in [0.15, 0.2) is 0 Å². The quantitative estimate of drug-likeness (QED) is 0.523. The van der Waals surface area contributed by atoms with Crippen LogP contribution in [0.15, 0.2) is 24.3 Å². The Labute approximate surface area is 58.5 Å². The van der Waals surface area contributed by atoms with Gasteiger partial charge >= 0.3 is 0 Å². The molecule has 1 atom stereocenters. The summed E-state index contributed by atoms with van der Waals surface area (Å²) in [6.07, 6.45) is 1.17. The molecule has 0 saturated heterocycles. The molecule has 0 amide bonds. The van der Waals surface area contributed by atoms with E-state index in [1.54, 1.807) is 0 Å². The zero-order valence-electron chi connectivity index (χ0n) is 5.72. The summed E-state index contributed by atoms with van der Waals surface area (Å²) in [7, 11) is 2.00. The molecule has 0 bridgehead atoms. The Bertz CT molecular complexity index is 194. The third-order valence-corrected chi connectivity index (χ3v) is 1.95. The molecule has 0 saturated carbocycles. The molecule has 0 spiro atoms. The van der Waals surface area contributed by atoms with E-state index in [0.29, 0.717) is 0 Å². The van der Waals surface area contributed by atoms with Crippen LogP contribution in [-0.2, 0) is 6.16 Å². The summed E-state index contributed by atoms with van der Waals surface area (Å²) < 4.78 is 0. The van der Waals surface area contributed by atoms with Gasteiger partial charge in [0, 0.05) is 0 Å². The number of hydrogen-bond donors (Lipinski definition) is 0. The molecular weight excluding hydrogens is 127 g/mol. The van der Waals surface area contributed by atoms with Gasteiger partial charge in [-0.2, -0.15) is 0 Å². The summed E-state index contributed by atoms with van der Waals surface area (Å²) >= 11 is 0. The van der Waals surface area contributed by atoms with Gasteiger partial charge in [0.1, 0.15) is 0 Å². The van der Waals surface area contributed by atoms with Crippen molar-refractivity contribution in [3.63, 3.8) is 0 Å². The van der Waals surface area contributed by atoms with E-state index in [2.05, 4.69) is 31.2 Å². The standard InChI is InChI=1S/C8H11P/c1-7-3-2-4-8(5-7)6-9/h2-5H,6,9H2,1H3/p+1. The van der Waals surface area contributed by atoms with Gasteiger partial charge in [-0.1, -0.05) is 29.8 Å². The van der Waals surface area contributed by atoms with Crippen LogP contribution in [0, 0.1) is 6.92 Å². The molecule has 48 valence electrons. The van der Waals surface area contributed by atoms with E-state index in [1.807, 2.05) is 9.24 Å². The largest absolute Gasteiger partial charge is 0.0774 e. The van der Waals surface area contributed by atoms with Crippen LogP contribution in [0.3, 0.4) is 0 Å². The second kappa shape index (κ2) is 2.98. The van der Waals surface area contributed by atoms with Crippen molar-refractivity contribution in [2.45, 2.75) is 13.1 Å². The Balaban J connectivity index is 2.94. The fraction of sp³-hybridized carbons (Fsp3) is 0.250. The maximum Gasteiger partial charge on any atom is 0.0774 e. The summed E-state index contributed by atoms with van der Waals surface area (Å²) in [4.78, 5) is 0. The van der Waals surface area contributed by atoms with Crippen LogP contribution in [0.25, 0.3) is 0 Å². The lowest BCUT2D eigenvalue weighted by molar-refractivity contribution is 1.36. The Morgan fingerprint density at radius 1 is 1.44 bits per heavy atom. The minimum Gasteiger partial charge on any atom is -0.0616 e. The van der Waals surface area contributed by atoms with Crippen LogP contribution in [0.2, 0.25) is 0 Å². The van der Waals surface area contributed by atoms with Crippen LogP contribution in [0.1, 0.15) is 11.1 Å². The summed E-state index contributed by atoms with van der Waals surface area (Å²) in [6.45, 7) is 2.13. The van der Waals surface area contributed by atoms with Crippen molar-refractivity contribution < 1.29 is 0 Å². The van der Waals surface area contributed by atoms with E-state index < -0.39 is 0 Å². The van der Waals surface area contributed by atoms with Crippen LogP contribution in [-0.4, -0.2) is 0 Å². The first kappa shape index (κ1) is 6.77. The van der Waals surface area contributed by atoms with Crippen LogP contribution in [0.5, 0.6) is 0 Å². The molecule has 0 aromatic heterocycles. The molecule has 1 aromatic rings. The van der Waals surface area contributed by atoms with Crippen molar-refractivity contribution in [1.82, 2.24) is 0 Å². The number of aryl methyl sites for hydroxylation is 1. The van der Waals surface area contributed by atoms with E-state index in [-0.39, 0.29) is 0 Å². The summed E-state index contributed by atoms with van der Waals surface area (Å²) in [6, 6.07) is 8.63. The summed E-state index contributed by atoms with van der Waals surface area (Å²) in [5, 5.41) is 0. The lowest BCUT2D eigenvalue weighted by Crippen LogP contribution is -1.76. The predicted octanol–water partition coefficient (Wildman–Crippen LogP) is 2.10. The highest BCUT2D eigenvalue weighted by molar-refractivity contribution is 7.15. The number of hydrogen-bond acceptors (Lipinski definition) is 0. The van der Waals surface area contributed by atoms with E-state index in [0.717, 1.165) is 0 Å². The van der Waals surface area contributed by atoms with Gasteiger partial charge in [0.05, 0.1) is 6.16 Å². The second-order valence-corrected chi connectivity index (χ2v) is 2.74. The van der Waals surface area contributed by atoms with Gasteiger partial charge in [-0.25, -0.2) is 0 Å². The van der Waals surface area contributed by atoms with Crippen molar-refractivity contribution in [1.29, 1.82) is 0 Å². The van der Waals surface area contributed by atoms with Crippen molar-refractivity contribution in [3.8, 4) is 0 Å². The SMILES string of the molecule is Cc1cccc(C[PH3+])c1. The molecular formula is C8H12P+. The molecule has 9 heavy (non-hydrogen) atoms. The Morgan fingerprint density at radius 3 is 2.67 bits per heavy atom. The highest BCUT2D eigenvalue weighted by atomic mass is 31.0. The van der Waals surface area contributed by atoms with Crippen molar-refractivity contribution in [2.24, 2.45) is 0 Å². The molecule has 0 nitrogen and oxygen atoms in total. The lowest BCUT2D eigenvalue weighted by atomic mass is 10.2. The normalized spacial score (nSPS) is 9.89. The first-order valence-electron chi connectivity index (χ1n) is 3.17. The predicted molar refractivity (Wildman–Crippen MR) is 46.0 cm³/mol. The van der Waals surface area contributed by atoms with Crippen LogP contribution >= 0.6 is 9.24 Å². The molecule has 1 rings (SSSR count). The Hall–Kier alpha value is -0.350. The summed E-state index contributed by atoms with van der Waals surface area (Å²) in [5.41, 5.74) is 2.80. The smallest absolute Gasteiger partial charge is 0.0616 e. The van der Waals surface area contributed by atoms with Crippen molar-refractivity contribution >= 4 is 9.24 Å². The highest BCUT2D eigenvalue weighted by Gasteiger charge is 1.88. The molecule has 0 N–H and O–H groups in total. The molecule has 0 fully saturated rings. The van der Waals surface area contributed by atoms with Gasteiger partial charge in [0.25, 0.3) is 0 Å². The fourth-order valence-corrected chi connectivity index (χ4v) is 1.18. The Morgan fingerprint density at radius 2 is 2.22 bits per heavy atom. The minimum absolute atomic E-state index is 1.17. The zero-order valence-corrected chi connectivity index (χ0v) is 7.14. The van der Waals surface area contributed by atoms with E-state index in [4.69, 9.17) is 0 Å². The Kier molecular flexibility index (Phi) is 2.24. The van der Waals surface area contributed by atoms with Crippen LogP contribution in [0.4, 0.5) is 0 Å². The molecule has 1 unspecified atom stereocenters. The van der Waals surface area contributed by atoms with Crippen molar-refractivity contribution in [3.05, 3.63) is 35.4 Å². The van der Waals surface area contributed by atoms with Gasteiger partial charge < -0.3 is 0 Å². The van der Waals surface area contributed by atoms with Gasteiger partial charge in [-0.05, 0) is 21.7 Å². The fourth-order valence-electron chi connectivity index (χ4n) is 0.868. The molecule has 1 aromatic carbocycles. The van der Waals surface area contributed by atoms with Crippen LogP contribution < -0.4 is 0 Å². The average Bonchev–Trinajstić information content (AvgIpc) is 1.88. The number of benzene rings is 1. The van der Waals surface area contributed by atoms with Gasteiger partial charge in [-0.3, -0.25) is 0 Å². The third-order valence-electron chi connectivity index (χ3n) is 1.37. The lowest BCUT2D eigenvalue weighted by Gasteiger charge is -1.93. The first-order chi connectivity index (χ1) is 4.33. The van der Waals surface area contributed by atoms with Crippen molar-refractivity contribution in [2.75, 3.05) is 0 Å². The third kappa shape index (κ3) is 1.80. The highest BCUT2D eigenvalue weighted by Crippen LogP contribution is 2.06. The molecule has 0 aliphatic rings. The molecule has 0 heterocycles. The van der Waals surface area contributed by atoms with E-state index in [9.17, 15) is 0 Å². The first-order valence-corrected chi connectivity index (χ1v) is 4.17. The average molecular weight is 139 g/mol. The maximum absolute atomic E-state index is 2.23. The molecule has 0 radical (unpaired) electrons. The van der Waals surface area contributed by atoms with E-state index in [1.165, 1.54) is 17.3 Å². The van der Waals surface area contributed by atoms with Gasteiger partial charge in [-0.15, -0.1) is 0 Å². The monoisotopic (exact) mass is 139 g/mol. The van der Waals surface area contributed by atoms with Gasteiger partial charge in [0.2, 0.25) is 0 Å². The molecule has 0 aliphatic heterocycles. The minimum atomic E-state index is 1.17.